The van der Waals surface area contributed by atoms with E-state index in [1.54, 1.807) is 18.3 Å². The van der Waals surface area contributed by atoms with Gasteiger partial charge in [0.15, 0.2) is 5.82 Å². The molecule has 7 nitrogen and oxygen atoms in total. The van der Waals surface area contributed by atoms with Crippen molar-refractivity contribution in [2.75, 3.05) is 31.1 Å². The van der Waals surface area contributed by atoms with Gasteiger partial charge in [-0.2, -0.15) is 18.3 Å². The zero-order chi connectivity index (χ0) is 19.9. The number of amides is 1. The lowest BCUT2D eigenvalue weighted by Gasteiger charge is -2.33. The molecule has 1 aromatic carbocycles. The molecule has 146 valence electrons. The van der Waals surface area contributed by atoms with Crippen LogP contribution in [0.25, 0.3) is 16.6 Å². The van der Waals surface area contributed by atoms with Gasteiger partial charge in [-0.15, -0.1) is 0 Å². The Balaban J connectivity index is 1.72. The number of fused-ring (bicyclic) bond motifs is 1. The van der Waals surface area contributed by atoms with Gasteiger partial charge in [0, 0.05) is 37.9 Å². The van der Waals surface area contributed by atoms with Crippen molar-refractivity contribution in [3.63, 3.8) is 0 Å². The van der Waals surface area contributed by atoms with Crippen LogP contribution in [0.2, 0.25) is 0 Å². The number of hydrogen-bond donors (Lipinski definition) is 1. The maximum Gasteiger partial charge on any atom is 0.417 e. The van der Waals surface area contributed by atoms with E-state index in [1.807, 2.05) is 4.90 Å². The molecule has 0 atom stereocenters. The summed E-state index contributed by atoms with van der Waals surface area (Å²) in [6, 6.07) is 7.02. The van der Waals surface area contributed by atoms with Gasteiger partial charge in [-0.3, -0.25) is 0 Å². The van der Waals surface area contributed by atoms with E-state index in [4.69, 9.17) is 5.11 Å². The molecule has 1 saturated heterocycles. The van der Waals surface area contributed by atoms with Crippen molar-refractivity contribution in [2.24, 2.45) is 0 Å². The summed E-state index contributed by atoms with van der Waals surface area (Å²) in [5.41, 5.74) is 0.315. The van der Waals surface area contributed by atoms with Crippen LogP contribution in [0, 0.1) is 0 Å². The van der Waals surface area contributed by atoms with E-state index in [9.17, 15) is 18.0 Å². The minimum absolute atomic E-state index is 0.0714. The van der Waals surface area contributed by atoms with Gasteiger partial charge in [0.1, 0.15) is 11.8 Å². The number of alkyl halides is 3. The van der Waals surface area contributed by atoms with Crippen LogP contribution in [0.4, 0.5) is 23.8 Å². The first-order valence-corrected chi connectivity index (χ1v) is 8.57. The maximum absolute atomic E-state index is 13.4. The standard InChI is InChI=1S/C18H16F3N5O2/c19-18(20,21)14-4-2-1-3-13(14)12-9-15-16(22-11-23-26(15)10-12)24-5-7-25(8-6-24)17(27)28/h1-4,9-11H,5-8H2,(H,27,28). The molecule has 28 heavy (non-hydrogen) atoms. The number of rotatable bonds is 2. The Morgan fingerprint density at radius 2 is 1.82 bits per heavy atom. The molecular weight excluding hydrogens is 375 g/mol. The van der Waals surface area contributed by atoms with Gasteiger partial charge < -0.3 is 14.9 Å². The third-order valence-corrected chi connectivity index (χ3v) is 4.78. The Morgan fingerprint density at radius 3 is 2.50 bits per heavy atom. The van der Waals surface area contributed by atoms with Crippen molar-refractivity contribution in [1.82, 2.24) is 19.5 Å². The SMILES string of the molecule is O=C(O)N1CCN(c2ncnn3cc(-c4ccccc4C(F)(F)F)cc23)CC1. The van der Waals surface area contributed by atoms with Crippen LogP contribution in [-0.4, -0.2) is 56.9 Å². The maximum atomic E-state index is 13.4. The largest absolute Gasteiger partial charge is 0.465 e. The van der Waals surface area contributed by atoms with Crippen molar-refractivity contribution < 1.29 is 23.1 Å². The summed E-state index contributed by atoms with van der Waals surface area (Å²) < 4.78 is 41.6. The summed E-state index contributed by atoms with van der Waals surface area (Å²) in [7, 11) is 0. The van der Waals surface area contributed by atoms with Gasteiger partial charge in [-0.25, -0.2) is 14.3 Å². The first-order valence-electron chi connectivity index (χ1n) is 8.57. The first-order chi connectivity index (χ1) is 13.3. The molecule has 1 aliphatic heterocycles. The average molecular weight is 391 g/mol. The highest BCUT2D eigenvalue weighted by Crippen LogP contribution is 2.38. The summed E-state index contributed by atoms with van der Waals surface area (Å²) in [5, 5.41) is 13.2. The minimum Gasteiger partial charge on any atom is -0.465 e. The smallest absolute Gasteiger partial charge is 0.417 e. The third kappa shape index (κ3) is 3.21. The fourth-order valence-corrected chi connectivity index (χ4v) is 3.40. The van der Waals surface area contributed by atoms with Gasteiger partial charge in [-0.05, 0) is 17.7 Å². The number of carbonyl (C=O) groups is 1. The van der Waals surface area contributed by atoms with E-state index in [-0.39, 0.29) is 5.56 Å². The van der Waals surface area contributed by atoms with Gasteiger partial charge in [0.2, 0.25) is 0 Å². The zero-order valence-electron chi connectivity index (χ0n) is 14.6. The molecular formula is C18H16F3N5O2. The van der Waals surface area contributed by atoms with E-state index < -0.39 is 17.8 Å². The molecule has 2 aromatic heterocycles. The van der Waals surface area contributed by atoms with Gasteiger partial charge in [0.05, 0.1) is 5.56 Å². The summed E-state index contributed by atoms with van der Waals surface area (Å²) in [6.07, 6.45) is -2.56. The minimum atomic E-state index is -4.47. The van der Waals surface area contributed by atoms with Crippen molar-refractivity contribution >= 4 is 17.4 Å². The summed E-state index contributed by atoms with van der Waals surface area (Å²) in [6.45, 7) is 1.54. The molecule has 1 amide bonds. The predicted molar refractivity (Wildman–Crippen MR) is 95.2 cm³/mol. The third-order valence-electron chi connectivity index (χ3n) is 4.78. The van der Waals surface area contributed by atoms with Crippen molar-refractivity contribution in [2.45, 2.75) is 6.18 Å². The summed E-state index contributed by atoms with van der Waals surface area (Å²) in [4.78, 5) is 18.6. The van der Waals surface area contributed by atoms with Crippen molar-refractivity contribution in [3.8, 4) is 11.1 Å². The molecule has 0 aliphatic carbocycles. The summed E-state index contributed by atoms with van der Waals surface area (Å²) in [5.74, 6) is 0.566. The molecule has 1 N–H and O–H groups in total. The Bertz CT molecular complexity index is 1030. The van der Waals surface area contributed by atoms with Crippen LogP contribution in [0.1, 0.15) is 5.56 Å². The lowest BCUT2D eigenvalue weighted by Crippen LogP contribution is -2.48. The molecule has 0 radical (unpaired) electrons. The normalized spacial score (nSPS) is 15.2. The molecule has 0 saturated carbocycles. The Kier molecular flexibility index (Phi) is 4.33. The highest BCUT2D eigenvalue weighted by molar-refractivity contribution is 5.79. The lowest BCUT2D eigenvalue weighted by atomic mass is 10.0. The highest BCUT2D eigenvalue weighted by Gasteiger charge is 2.33. The number of hydrogen-bond acceptors (Lipinski definition) is 4. The number of halogens is 3. The quantitative estimate of drug-likeness (QED) is 0.726. The molecule has 0 spiro atoms. The van der Waals surface area contributed by atoms with Crippen LogP contribution < -0.4 is 4.90 Å². The molecule has 1 aliphatic rings. The van der Waals surface area contributed by atoms with Crippen LogP contribution in [0.15, 0.2) is 42.9 Å². The number of carboxylic acid groups (broad SMARTS) is 1. The second-order valence-corrected chi connectivity index (χ2v) is 6.44. The average Bonchev–Trinajstić information content (AvgIpc) is 3.11. The molecule has 1 fully saturated rings. The molecule has 10 heteroatoms. The number of piperazine rings is 1. The van der Waals surface area contributed by atoms with Crippen LogP contribution >= 0.6 is 0 Å². The lowest BCUT2D eigenvalue weighted by molar-refractivity contribution is -0.137. The molecule has 0 bridgehead atoms. The molecule has 4 rings (SSSR count). The van der Waals surface area contributed by atoms with Gasteiger partial charge >= 0.3 is 12.3 Å². The Labute approximate surface area is 157 Å². The second kappa shape index (κ2) is 6.70. The molecule has 0 unspecified atom stereocenters. The van der Waals surface area contributed by atoms with E-state index >= 15 is 0 Å². The molecule has 3 aromatic rings. The van der Waals surface area contributed by atoms with E-state index in [0.717, 1.165) is 6.07 Å². The van der Waals surface area contributed by atoms with Gasteiger partial charge in [-0.1, -0.05) is 18.2 Å². The Hall–Kier alpha value is -3.30. The second-order valence-electron chi connectivity index (χ2n) is 6.44. The fourth-order valence-electron chi connectivity index (χ4n) is 3.40. The highest BCUT2D eigenvalue weighted by atomic mass is 19.4. The Morgan fingerprint density at radius 1 is 1.11 bits per heavy atom. The van der Waals surface area contributed by atoms with Crippen LogP contribution in [-0.2, 0) is 6.18 Å². The zero-order valence-corrected chi connectivity index (χ0v) is 14.6. The fraction of sp³-hybridized carbons (Fsp3) is 0.278. The first kappa shape index (κ1) is 18.1. The number of aromatic nitrogens is 3. The number of anilines is 1. The number of benzene rings is 1. The summed E-state index contributed by atoms with van der Waals surface area (Å²) >= 11 is 0. The van der Waals surface area contributed by atoms with Crippen LogP contribution in [0.3, 0.4) is 0 Å². The van der Waals surface area contributed by atoms with Crippen LogP contribution in [0.5, 0.6) is 0 Å². The monoisotopic (exact) mass is 391 g/mol. The number of nitrogens with zero attached hydrogens (tertiary/aromatic N) is 5. The van der Waals surface area contributed by atoms with E-state index in [0.29, 0.717) is 43.1 Å². The van der Waals surface area contributed by atoms with Crippen molar-refractivity contribution in [1.29, 1.82) is 0 Å². The topological polar surface area (TPSA) is 74.0 Å². The predicted octanol–water partition coefficient (Wildman–Crippen LogP) is 3.22. The van der Waals surface area contributed by atoms with Crippen molar-refractivity contribution in [3.05, 3.63) is 48.4 Å². The molecule has 3 heterocycles. The van der Waals surface area contributed by atoms with E-state index in [2.05, 4.69) is 10.1 Å². The van der Waals surface area contributed by atoms with E-state index in [1.165, 1.54) is 27.9 Å². The van der Waals surface area contributed by atoms with Gasteiger partial charge in [0.25, 0.3) is 0 Å².